The third kappa shape index (κ3) is 5.44. The lowest BCUT2D eigenvalue weighted by molar-refractivity contribution is -0.141. The Labute approximate surface area is 216 Å². The van der Waals surface area contributed by atoms with Gasteiger partial charge in [0.05, 0.1) is 23.2 Å². The second-order valence-electron chi connectivity index (χ2n) is 10.5. The van der Waals surface area contributed by atoms with Crippen molar-refractivity contribution in [1.82, 2.24) is 10.2 Å². The highest BCUT2D eigenvalue weighted by Gasteiger charge is 2.56. The van der Waals surface area contributed by atoms with Gasteiger partial charge in [-0.1, -0.05) is 48.5 Å². The summed E-state index contributed by atoms with van der Waals surface area (Å²) in [5.74, 6) is -0.746. The number of hydrogen-bond donors (Lipinski definition) is 2. The number of anilines is 1. The molecule has 3 amide bonds. The van der Waals surface area contributed by atoms with Gasteiger partial charge in [-0.2, -0.15) is 5.26 Å². The van der Waals surface area contributed by atoms with E-state index in [2.05, 4.69) is 16.7 Å². The smallest absolute Gasteiger partial charge is 0.408 e. The molecular weight excluding hydrogens is 472 g/mol. The van der Waals surface area contributed by atoms with E-state index in [1.807, 2.05) is 69.3 Å². The van der Waals surface area contributed by atoms with Gasteiger partial charge in [0.25, 0.3) is 0 Å². The first kappa shape index (κ1) is 26.2. The Kier molecular flexibility index (Phi) is 7.23. The van der Waals surface area contributed by atoms with Gasteiger partial charge in [0.2, 0.25) is 11.8 Å². The standard InChI is InChI=1S/C28H32N4O5/c1-18(37-27(2,3)4)23(31-26(35)36-16-19-10-6-5-7-11-19)24(33)32-17-28(14-20(32)15-29)21-12-8-9-13-22(21)30-25(28)34/h5-13,18,20,23H,14,16-17H2,1-4H3,(H,30,34)(H,31,35)/t18?,20-,23?,28-/m0/s1. The maximum Gasteiger partial charge on any atom is 0.408 e. The van der Waals surface area contributed by atoms with Crippen LogP contribution in [0.5, 0.6) is 0 Å². The van der Waals surface area contributed by atoms with Gasteiger partial charge in [-0.15, -0.1) is 0 Å². The fourth-order valence-electron chi connectivity index (χ4n) is 5.06. The number of nitrogens with one attached hydrogen (secondary N) is 2. The topological polar surface area (TPSA) is 121 Å². The quantitative estimate of drug-likeness (QED) is 0.621. The molecule has 2 N–H and O–H groups in total. The molecule has 0 saturated carbocycles. The van der Waals surface area contributed by atoms with Crippen molar-refractivity contribution in [2.24, 2.45) is 0 Å². The second-order valence-corrected chi connectivity index (χ2v) is 10.5. The van der Waals surface area contributed by atoms with E-state index < -0.39 is 41.2 Å². The lowest BCUT2D eigenvalue weighted by Gasteiger charge is -2.33. The van der Waals surface area contributed by atoms with Gasteiger partial charge in [-0.3, -0.25) is 9.59 Å². The molecule has 0 aromatic heterocycles. The van der Waals surface area contributed by atoms with Gasteiger partial charge in [0, 0.05) is 18.7 Å². The van der Waals surface area contributed by atoms with Gasteiger partial charge in [0.1, 0.15) is 18.7 Å². The third-order valence-corrected chi connectivity index (χ3v) is 6.68. The van der Waals surface area contributed by atoms with Crippen molar-refractivity contribution in [2.45, 2.75) is 69.9 Å². The molecule has 194 valence electrons. The van der Waals surface area contributed by atoms with Crippen LogP contribution in [-0.4, -0.2) is 53.1 Å². The van der Waals surface area contributed by atoms with Crippen LogP contribution in [0.15, 0.2) is 54.6 Å². The number of nitrogens with zero attached hydrogens (tertiary/aromatic N) is 2. The molecule has 0 radical (unpaired) electrons. The number of carbonyl (C=O) groups is 3. The number of alkyl carbamates (subject to hydrolysis) is 1. The highest BCUT2D eigenvalue weighted by Crippen LogP contribution is 2.46. The molecule has 9 nitrogen and oxygen atoms in total. The summed E-state index contributed by atoms with van der Waals surface area (Å²) in [4.78, 5) is 41.1. The highest BCUT2D eigenvalue weighted by atomic mass is 16.6. The Morgan fingerprint density at radius 2 is 1.86 bits per heavy atom. The molecule has 4 atom stereocenters. The number of hydrogen-bond acceptors (Lipinski definition) is 6. The number of ether oxygens (including phenoxy) is 2. The highest BCUT2D eigenvalue weighted by molar-refractivity contribution is 6.07. The molecule has 2 aromatic carbocycles. The molecule has 37 heavy (non-hydrogen) atoms. The average molecular weight is 505 g/mol. The Morgan fingerprint density at radius 3 is 2.54 bits per heavy atom. The minimum absolute atomic E-state index is 0.0202. The van der Waals surface area contributed by atoms with Crippen molar-refractivity contribution in [3.8, 4) is 6.07 Å². The summed E-state index contributed by atoms with van der Waals surface area (Å²) in [5, 5.41) is 15.5. The normalized spacial score (nSPS) is 22.1. The number of nitriles is 1. The molecule has 4 rings (SSSR count). The van der Waals surface area contributed by atoms with E-state index >= 15 is 0 Å². The zero-order chi connectivity index (χ0) is 26.8. The zero-order valence-electron chi connectivity index (χ0n) is 21.5. The average Bonchev–Trinajstić information content (AvgIpc) is 3.38. The first-order chi connectivity index (χ1) is 17.5. The molecule has 9 heteroatoms. The maximum absolute atomic E-state index is 13.9. The van der Waals surface area contributed by atoms with Crippen molar-refractivity contribution in [2.75, 3.05) is 11.9 Å². The Morgan fingerprint density at radius 1 is 1.19 bits per heavy atom. The number of fused-ring (bicyclic) bond motifs is 2. The van der Waals surface area contributed by atoms with E-state index in [0.29, 0.717) is 5.69 Å². The fraction of sp³-hybridized carbons (Fsp3) is 0.429. The van der Waals surface area contributed by atoms with Gasteiger partial charge < -0.3 is 25.0 Å². The number of amides is 3. The number of benzene rings is 2. The first-order valence-corrected chi connectivity index (χ1v) is 12.3. The Hall–Kier alpha value is -3.90. The largest absolute Gasteiger partial charge is 0.445 e. The predicted octanol–water partition coefficient (Wildman–Crippen LogP) is 3.50. The van der Waals surface area contributed by atoms with Crippen molar-refractivity contribution < 1.29 is 23.9 Å². The minimum atomic E-state index is -1.13. The van der Waals surface area contributed by atoms with Crippen LogP contribution in [0.4, 0.5) is 10.5 Å². The molecule has 2 aromatic rings. The summed E-state index contributed by atoms with van der Waals surface area (Å²) in [7, 11) is 0. The summed E-state index contributed by atoms with van der Waals surface area (Å²) in [6, 6.07) is 16.7. The van der Waals surface area contributed by atoms with E-state index in [1.54, 1.807) is 13.0 Å². The summed E-state index contributed by atoms with van der Waals surface area (Å²) in [6.07, 6.45) is -1.35. The summed E-state index contributed by atoms with van der Waals surface area (Å²) in [5.41, 5.74) is 0.623. The monoisotopic (exact) mass is 504 g/mol. The fourth-order valence-corrected chi connectivity index (χ4v) is 5.06. The van der Waals surface area contributed by atoms with E-state index in [9.17, 15) is 19.6 Å². The van der Waals surface area contributed by atoms with Crippen molar-refractivity contribution >= 4 is 23.6 Å². The third-order valence-electron chi connectivity index (χ3n) is 6.68. The van der Waals surface area contributed by atoms with Crippen LogP contribution in [-0.2, 0) is 31.1 Å². The van der Waals surface area contributed by atoms with Gasteiger partial charge in [-0.25, -0.2) is 4.79 Å². The Bertz CT molecular complexity index is 1220. The van der Waals surface area contributed by atoms with Gasteiger partial charge in [-0.05, 0) is 44.9 Å². The molecule has 1 fully saturated rings. The van der Waals surface area contributed by atoms with E-state index in [1.165, 1.54) is 4.90 Å². The van der Waals surface area contributed by atoms with Gasteiger partial charge in [0.15, 0.2) is 0 Å². The van der Waals surface area contributed by atoms with Crippen LogP contribution < -0.4 is 10.6 Å². The summed E-state index contributed by atoms with van der Waals surface area (Å²) < 4.78 is 11.4. The van der Waals surface area contributed by atoms with Crippen molar-refractivity contribution in [3.05, 3.63) is 65.7 Å². The number of likely N-dealkylation sites (tertiary alicyclic amines) is 1. The lowest BCUT2D eigenvalue weighted by atomic mass is 9.80. The van der Waals surface area contributed by atoms with Crippen LogP contribution in [0, 0.1) is 11.3 Å². The molecule has 1 saturated heterocycles. The molecule has 2 aliphatic heterocycles. The SMILES string of the molecule is CC(OC(C)(C)C)C(NC(=O)OCc1ccccc1)C(=O)N1C[C@]2(C[C@H]1C#N)C(=O)Nc1ccccc12. The molecule has 2 heterocycles. The van der Waals surface area contributed by atoms with Gasteiger partial charge >= 0.3 is 6.09 Å². The molecule has 0 aliphatic carbocycles. The lowest BCUT2D eigenvalue weighted by Crippen LogP contribution is -2.56. The minimum Gasteiger partial charge on any atom is -0.445 e. The van der Waals surface area contributed by atoms with E-state index in [4.69, 9.17) is 9.47 Å². The number of carbonyl (C=O) groups excluding carboxylic acids is 3. The first-order valence-electron chi connectivity index (χ1n) is 12.3. The molecule has 1 spiro atoms. The van der Waals surface area contributed by atoms with E-state index in [0.717, 1.165) is 11.1 Å². The molecular formula is C28H32N4O5. The van der Waals surface area contributed by atoms with Crippen LogP contribution >= 0.6 is 0 Å². The van der Waals surface area contributed by atoms with Crippen LogP contribution in [0.3, 0.4) is 0 Å². The van der Waals surface area contributed by atoms with Crippen molar-refractivity contribution in [1.29, 1.82) is 5.26 Å². The summed E-state index contributed by atoms with van der Waals surface area (Å²) in [6.45, 7) is 7.29. The van der Waals surface area contributed by atoms with E-state index in [-0.39, 0.29) is 25.5 Å². The molecule has 0 bridgehead atoms. The maximum atomic E-state index is 13.9. The van der Waals surface area contributed by atoms with Crippen LogP contribution in [0.25, 0.3) is 0 Å². The molecule has 2 aliphatic rings. The van der Waals surface area contributed by atoms with Crippen LogP contribution in [0.2, 0.25) is 0 Å². The van der Waals surface area contributed by atoms with Crippen molar-refractivity contribution in [3.63, 3.8) is 0 Å². The number of rotatable bonds is 6. The summed E-state index contributed by atoms with van der Waals surface area (Å²) >= 11 is 0. The predicted molar refractivity (Wildman–Crippen MR) is 136 cm³/mol. The van der Waals surface area contributed by atoms with Crippen LogP contribution in [0.1, 0.15) is 45.2 Å². The zero-order valence-corrected chi connectivity index (χ0v) is 21.5. The molecule has 2 unspecified atom stereocenters. The second kappa shape index (κ2) is 10.2. The Balaban J connectivity index is 1.57. The number of para-hydroxylation sites is 1.